The van der Waals surface area contributed by atoms with Crippen LogP contribution in [0.15, 0.2) is 18.2 Å². The van der Waals surface area contributed by atoms with Crippen LogP contribution in [0.3, 0.4) is 0 Å². The van der Waals surface area contributed by atoms with Crippen molar-refractivity contribution < 1.29 is 9.13 Å². The first kappa shape index (κ1) is 12.0. The van der Waals surface area contributed by atoms with Crippen molar-refractivity contribution in [2.45, 2.75) is 26.3 Å². The third kappa shape index (κ3) is 3.51. The molecule has 0 aromatic heterocycles. The molecule has 0 aliphatic rings. The maximum Gasteiger partial charge on any atom is 0.126 e. The Morgan fingerprint density at radius 3 is 2.73 bits per heavy atom. The predicted molar refractivity (Wildman–Crippen MR) is 60.7 cm³/mol. The standard InChI is InChI=1S/C12H18FNO/c1-4-10(8-15-3)14-11-5-6-12(13)9(2)7-11/h5-7,10,14H,4,8H2,1-3H3. The van der Waals surface area contributed by atoms with Gasteiger partial charge in [0.05, 0.1) is 6.61 Å². The summed E-state index contributed by atoms with van der Waals surface area (Å²) in [6, 6.07) is 5.32. The lowest BCUT2D eigenvalue weighted by Gasteiger charge is -2.17. The first-order valence-electron chi connectivity index (χ1n) is 5.19. The Labute approximate surface area is 90.4 Å². The van der Waals surface area contributed by atoms with Gasteiger partial charge in [-0.3, -0.25) is 0 Å². The normalized spacial score (nSPS) is 12.5. The van der Waals surface area contributed by atoms with Crippen LogP contribution in [0, 0.1) is 12.7 Å². The van der Waals surface area contributed by atoms with Crippen molar-refractivity contribution in [1.82, 2.24) is 0 Å². The van der Waals surface area contributed by atoms with Crippen LogP contribution in [0.1, 0.15) is 18.9 Å². The van der Waals surface area contributed by atoms with Gasteiger partial charge in [-0.2, -0.15) is 0 Å². The fraction of sp³-hybridized carbons (Fsp3) is 0.500. The number of benzene rings is 1. The summed E-state index contributed by atoms with van der Waals surface area (Å²) in [5.41, 5.74) is 1.60. The Balaban J connectivity index is 2.66. The maximum atomic E-state index is 13.0. The lowest BCUT2D eigenvalue weighted by atomic mass is 10.2. The summed E-state index contributed by atoms with van der Waals surface area (Å²) in [5.74, 6) is -0.166. The average Bonchev–Trinajstić information content (AvgIpc) is 2.23. The molecule has 1 N–H and O–H groups in total. The van der Waals surface area contributed by atoms with Crippen LogP contribution in [-0.2, 0) is 4.74 Å². The van der Waals surface area contributed by atoms with Gasteiger partial charge in [0.25, 0.3) is 0 Å². The summed E-state index contributed by atoms with van der Waals surface area (Å²) in [4.78, 5) is 0. The second kappa shape index (κ2) is 5.71. The lowest BCUT2D eigenvalue weighted by Crippen LogP contribution is -2.23. The van der Waals surface area contributed by atoms with Crippen molar-refractivity contribution in [3.8, 4) is 0 Å². The zero-order chi connectivity index (χ0) is 11.3. The van der Waals surface area contributed by atoms with E-state index in [1.54, 1.807) is 20.1 Å². The van der Waals surface area contributed by atoms with Gasteiger partial charge in [-0.1, -0.05) is 6.92 Å². The van der Waals surface area contributed by atoms with E-state index in [-0.39, 0.29) is 11.9 Å². The van der Waals surface area contributed by atoms with Crippen LogP contribution in [0.5, 0.6) is 0 Å². The Morgan fingerprint density at radius 2 is 2.20 bits per heavy atom. The van der Waals surface area contributed by atoms with Gasteiger partial charge in [0.1, 0.15) is 5.82 Å². The van der Waals surface area contributed by atoms with Crippen LogP contribution in [-0.4, -0.2) is 19.8 Å². The van der Waals surface area contributed by atoms with Gasteiger partial charge < -0.3 is 10.1 Å². The van der Waals surface area contributed by atoms with E-state index < -0.39 is 0 Å². The summed E-state index contributed by atoms with van der Waals surface area (Å²) in [7, 11) is 1.68. The largest absolute Gasteiger partial charge is 0.383 e. The van der Waals surface area contributed by atoms with E-state index in [9.17, 15) is 4.39 Å². The van der Waals surface area contributed by atoms with Gasteiger partial charge in [0.15, 0.2) is 0 Å². The Bertz CT molecular complexity index is 314. The molecule has 0 spiro atoms. The van der Waals surface area contributed by atoms with E-state index in [2.05, 4.69) is 12.2 Å². The molecule has 1 atom stereocenters. The van der Waals surface area contributed by atoms with Gasteiger partial charge in [-0.25, -0.2) is 4.39 Å². The molecule has 0 bridgehead atoms. The van der Waals surface area contributed by atoms with Crippen LogP contribution >= 0.6 is 0 Å². The summed E-state index contributed by atoms with van der Waals surface area (Å²) >= 11 is 0. The summed E-state index contributed by atoms with van der Waals surface area (Å²) in [6.45, 7) is 4.51. The molecule has 0 amide bonds. The fourth-order valence-electron chi connectivity index (χ4n) is 1.43. The molecule has 1 unspecified atom stereocenters. The quantitative estimate of drug-likeness (QED) is 0.808. The van der Waals surface area contributed by atoms with Crippen molar-refractivity contribution in [2.24, 2.45) is 0 Å². The Morgan fingerprint density at radius 1 is 1.47 bits per heavy atom. The first-order chi connectivity index (χ1) is 7.17. The van der Waals surface area contributed by atoms with Crippen LogP contribution < -0.4 is 5.32 Å². The third-order valence-corrected chi connectivity index (χ3v) is 2.39. The molecule has 0 fully saturated rings. The number of rotatable bonds is 5. The topological polar surface area (TPSA) is 21.3 Å². The maximum absolute atomic E-state index is 13.0. The highest BCUT2D eigenvalue weighted by atomic mass is 19.1. The zero-order valence-corrected chi connectivity index (χ0v) is 9.51. The highest BCUT2D eigenvalue weighted by molar-refractivity contribution is 5.46. The lowest BCUT2D eigenvalue weighted by molar-refractivity contribution is 0.184. The van der Waals surface area contributed by atoms with E-state index in [4.69, 9.17) is 4.74 Å². The Hall–Kier alpha value is -1.09. The molecule has 2 nitrogen and oxygen atoms in total. The Kier molecular flexibility index (Phi) is 4.56. The van der Waals surface area contributed by atoms with E-state index in [0.29, 0.717) is 12.2 Å². The van der Waals surface area contributed by atoms with Crippen molar-refractivity contribution in [3.05, 3.63) is 29.6 Å². The van der Waals surface area contributed by atoms with Crippen molar-refractivity contribution in [2.75, 3.05) is 19.0 Å². The second-order valence-electron chi connectivity index (χ2n) is 3.67. The number of methoxy groups -OCH3 is 1. The van der Waals surface area contributed by atoms with Crippen molar-refractivity contribution >= 4 is 5.69 Å². The molecule has 1 rings (SSSR count). The molecular weight excluding hydrogens is 193 g/mol. The zero-order valence-electron chi connectivity index (χ0n) is 9.51. The number of hydrogen-bond donors (Lipinski definition) is 1. The van der Waals surface area contributed by atoms with E-state index in [0.717, 1.165) is 12.1 Å². The summed E-state index contributed by atoms with van der Waals surface area (Å²) in [5, 5.41) is 3.31. The van der Waals surface area contributed by atoms with Gasteiger partial charge in [-0.15, -0.1) is 0 Å². The predicted octanol–water partition coefficient (Wildman–Crippen LogP) is 2.97. The molecule has 15 heavy (non-hydrogen) atoms. The average molecular weight is 211 g/mol. The molecule has 3 heteroatoms. The number of halogens is 1. The molecular formula is C12H18FNO. The van der Waals surface area contributed by atoms with Gasteiger partial charge in [-0.05, 0) is 37.1 Å². The highest BCUT2D eigenvalue weighted by Crippen LogP contribution is 2.15. The first-order valence-corrected chi connectivity index (χ1v) is 5.19. The smallest absolute Gasteiger partial charge is 0.126 e. The molecule has 84 valence electrons. The molecule has 0 saturated heterocycles. The fourth-order valence-corrected chi connectivity index (χ4v) is 1.43. The number of aryl methyl sites for hydroxylation is 1. The van der Waals surface area contributed by atoms with Gasteiger partial charge >= 0.3 is 0 Å². The summed E-state index contributed by atoms with van der Waals surface area (Å²) < 4.78 is 18.1. The number of hydrogen-bond acceptors (Lipinski definition) is 2. The minimum absolute atomic E-state index is 0.166. The van der Waals surface area contributed by atoms with Crippen molar-refractivity contribution in [3.63, 3.8) is 0 Å². The molecule has 1 aromatic carbocycles. The van der Waals surface area contributed by atoms with Crippen LogP contribution in [0.25, 0.3) is 0 Å². The third-order valence-electron chi connectivity index (χ3n) is 2.39. The minimum atomic E-state index is -0.166. The molecule has 0 radical (unpaired) electrons. The summed E-state index contributed by atoms with van der Waals surface area (Å²) in [6.07, 6.45) is 0.976. The molecule has 0 aliphatic carbocycles. The van der Waals surface area contributed by atoms with E-state index in [1.165, 1.54) is 6.07 Å². The highest BCUT2D eigenvalue weighted by Gasteiger charge is 2.06. The molecule has 0 heterocycles. The minimum Gasteiger partial charge on any atom is -0.383 e. The second-order valence-corrected chi connectivity index (χ2v) is 3.67. The monoisotopic (exact) mass is 211 g/mol. The number of ether oxygens (including phenoxy) is 1. The molecule has 0 aliphatic heterocycles. The van der Waals surface area contributed by atoms with Crippen LogP contribution in [0.4, 0.5) is 10.1 Å². The van der Waals surface area contributed by atoms with E-state index in [1.807, 2.05) is 6.07 Å². The molecule has 1 aromatic rings. The van der Waals surface area contributed by atoms with E-state index >= 15 is 0 Å². The van der Waals surface area contributed by atoms with Crippen LogP contribution in [0.2, 0.25) is 0 Å². The number of anilines is 1. The van der Waals surface area contributed by atoms with Crippen molar-refractivity contribution in [1.29, 1.82) is 0 Å². The SMILES string of the molecule is CCC(COC)Nc1ccc(F)c(C)c1. The molecule has 0 saturated carbocycles. The van der Waals surface area contributed by atoms with Gasteiger partial charge in [0, 0.05) is 18.8 Å². The van der Waals surface area contributed by atoms with Gasteiger partial charge in [0.2, 0.25) is 0 Å². The number of nitrogens with one attached hydrogen (secondary N) is 1.